The molecule has 1 nitrogen and oxygen atoms in total. The molecule has 1 aliphatic rings. The van der Waals surface area contributed by atoms with Crippen LogP contribution in [0.1, 0.15) is 30.4 Å². The zero-order valence-electron chi connectivity index (χ0n) is 9.88. The first-order valence-corrected chi connectivity index (χ1v) is 5.78. The molecule has 3 unspecified atom stereocenters. The molecule has 1 aliphatic carbocycles. The highest BCUT2D eigenvalue weighted by Crippen LogP contribution is 2.43. The van der Waals surface area contributed by atoms with Crippen molar-refractivity contribution >= 4 is 0 Å². The van der Waals surface area contributed by atoms with Crippen molar-refractivity contribution in [1.29, 1.82) is 0 Å². The van der Waals surface area contributed by atoms with Gasteiger partial charge in [-0.3, -0.25) is 0 Å². The summed E-state index contributed by atoms with van der Waals surface area (Å²) in [5.41, 5.74) is 0.258. The lowest BCUT2D eigenvalue weighted by Crippen LogP contribution is -2.46. The molecule has 1 aromatic rings. The van der Waals surface area contributed by atoms with Gasteiger partial charge in [-0.05, 0) is 36.9 Å². The van der Waals surface area contributed by atoms with Gasteiger partial charge in [-0.1, -0.05) is 25.1 Å². The van der Waals surface area contributed by atoms with Gasteiger partial charge in [-0.25, -0.2) is 0 Å². The summed E-state index contributed by atoms with van der Waals surface area (Å²) >= 11 is 0. The minimum absolute atomic E-state index is 0.245. The lowest BCUT2D eigenvalue weighted by Gasteiger charge is -2.43. The summed E-state index contributed by atoms with van der Waals surface area (Å²) in [5, 5.41) is 3.17. The second-order valence-corrected chi connectivity index (χ2v) is 4.72. The second kappa shape index (κ2) is 4.33. The smallest absolute Gasteiger partial charge is 0.317 e. The van der Waals surface area contributed by atoms with Crippen molar-refractivity contribution in [3.05, 3.63) is 35.4 Å². The highest BCUT2D eigenvalue weighted by atomic mass is 19.4. The van der Waals surface area contributed by atoms with Gasteiger partial charge in [0.25, 0.3) is 0 Å². The van der Waals surface area contributed by atoms with E-state index in [0.29, 0.717) is 12.0 Å². The predicted molar refractivity (Wildman–Crippen MR) is 60.8 cm³/mol. The lowest BCUT2D eigenvalue weighted by molar-refractivity contribution is -0.137. The van der Waals surface area contributed by atoms with E-state index in [2.05, 4.69) is 12.2 Å². The minimum atomic E-state index is -4.24. The van der Waals surface area contributed by atoms with Crippen molar-refractivity contribution in [3.63, 3.8) is 0 Å². The molecule has 0 spiro atoms. The Labute approximate surface area is 99.0 Å². The van der Waals surface area contributed by atoms with Gasteiger partial charge in [0.05, 0.1) is 5.56 Å². The molecule has 1 fully saturated rings. The molecule has 3 atom stereocenters. The molecule has 0 heterocycles. The first-order valence-electron chi connectivity index (χ1n) is 5.78. The van der Waals surface area contributed by atoms with Crippen LogP contribution < -0.4 is 5.32 Å². The maximum atomic E-state index is 12.6. The van der Waals surface area contributed by atoms with Gasteiger partial charge in [0.1, 0.15) is 0 Å². The number of hydrogen-bond acceptors (Lipinski definition) is 1. The van der Waals surface area contributed by atoms with Crippen molar-refractivity contribution in [2.24, 2.45) is 5.92 Å². The van der Waals surface area contributed by atoms with Crippen LogP contribution in [0.3, 0.4) is 0 Å². The Bertz CT molecular complexity index is 400. The predicted octanol–water partition coefficient (Wildman–Crippen LogP) is 3.42. The van der Waals surface area contributed by atoms with Crippen LogP contribution >= 0.6 is 0 Å². The summed E-state index contributed by atoms with van der Waals surface area (Å²) in [6.45, 7) is 2.08. The van der Waals surface area contributed by atoms with Crippen LogP contribution in [0, 0.1) is 5.92 Å². The third-order valence-corrected chi connectivity index (χ3v) is 3.79. The van der Waals surface area contributed by atoms with Gasteiger partial charge in [-0.15, -0.1) is 0 Å². The molecule has 0 saturated heterocycles. The SMILES string of the molecule is CNC1CC(c2cccc(C(F)(F)F)c2)C1C. The van der Waals surface area contributed by atoms with E-state index in [1.54, 1.807) is 6.07 Å². The Kier molecular flexibility index (Phi) is 3.17. The summed E-state index contributed by atoms with van der Waals surface area (Å²) in [5.74, 6) is 0.637. The molecule has 4 heteroatoms. The van der Waals surface area contributed by atoms with E-state index >= 15 is 0 Å². The number of alkyl halides is 3. The Morgan fingerprint density at radius 3 is 2.53 bits per heavy atom. The van der Waals surface area contributed by atoms with Crippen LogP contribution in [-0.4, -0.2) is 13.1 Å². The summed E-state index contributed by atoms with van der Waals surface area (Å²) in [6, 6.07) is 6.13. The Morgan fingerprint density at radius 1 is 1.29 bits per heavy atom. The molecule has 17 heavy (non-hydrogen) atoms. The standard InChI is InChI=1S/C13H16F3N/c1-8-11(7-12(8)17-2)9-4-3-5-10(6-9)13(14,15)16/h3-6,8,11-12,17H,7H2,1-2H3. The maximum Gasteiger partial charge on any atom is 0.416 e. The highest BCUT2D eigenvalue weighted by molar-refractivity contribution is 5.31. The topological polar surface area (TPSA) is 12.0 Å². The quantitative estimate of drug-likeness (QED) is 0.839. The van der Waals surface area contributed by atoms with Crippen LogP contribution in [0.2, 0.25) is 0 Å². The molecule has 1 saturated carbocycles. The van der Waals surface area contributed by atoms with E-state index in [1.165, 1.54) is 12.1 Å². The van der Waals surface area contributed by atoms with Gasteiger partial charge in [0.2, 0.25) is 0 Å². The normalized spacial score (nSPS) is 28.9. The van der Waals surface area contributed by atoms with E-state index in [-0.39, 0.29) is 5.92 Å². The van der Waals surface area contributed by atoms with Crippen molar-refractivity contribution in [2.45, 2.75) is 31.5 Å². The third-order valence-electron chi connectivity index (χ3n) is 3.79. The van der Waals surface area contributed by atoms with E-state index in [1.807, 2.05) is 7.05 Å². The molecule has 0 aliphatic heterocycles. The van der Waals surface area contributed by atoms with Crippen LogP contribution in [0.5, 0.6) is 0 Å². The maximum absolute atomic E-state index is 12.6. The van der Waals surface area contributed by atoms with Crippen molar-refractivity contribution in [2.75, 3.05) is 7.05 Å². The zero-order chi connectivity index (χ0) is 12.6. The number of rotatable bonds is 2. The Morgan fingerprint density at radius 2 is 2.00 bits per heavy atom. The third kappa shape index (κ3) is 2.32. The molecular weight excluding hydrogens is 227 g/mol. The van der Waals surface area contributed by atoms with Crippen molar-refractivity contribution in [3.8, 4) is 0 Å². The first-order chi connectivity index (χ1) is 7.93. The van der Waals surface area contributed by atoms with E-state index < -0.39 is 11.7 Å². The Hall–Kier alpha value is -1.03. The molecule has 0 amide bonds. The molecule has 2 rings (SSSR count). The second-order valence-electron chi connectivity index (χ2n) is 4.72. The monoisotopic (exact) mass is 243 g/mol. The van der Waals surface area contributed by atoms with E-state index in [9.17, 15) is 13.2 Å². The number of hydrogen-bond donors (Lipinski definition) is 1. The molecule has 1 aromatic carbocycles. The number of benzene rings is 1. The fourth-order valence-corrected chi connectivity index (χ4v) is 2.55. The fourth-order valence-electron chi connectivity index (χ4n) is 2.55. The summed E-state index contributed by atoms with van der Waals surface area (Å²) in [4.78, 5) is 0. The molecule has 94 valence electrons. The van der Waals surface area contributed by atoms with Gasteiger partial charge in [0, 0.05) is 6.04 Å². The summed E-state index contributed by atoms with van der Waals surface area (Å²) < 4.78 is 37.7. The van der Waals surface area contributed by atoms with E-state index in [4.69, 9.17) is 0 Å². The average molecular weight is 243 g/mol. The van der Waals surface area contributed by atoms with Gasteiger partial charge in [0.15, 0.2) is 0 Å². The summed E-state index contributed by atoms with van der Waals surface area (Å²) in [6.07, 6.45) is -3.33. The van der Waals surface area contributed by atoms with Crippen molar-refractivity contribution < 1.29 is 13.2 Å². The summed E-state index contributed by atoms with van der Waals surface area (Å²) in [7, 11) is 1.89. The molecule has 0 radical (unpaired) electrons. The highest BCUT2D eigenvalue weighted by Gasteiger charge is 2.38. The minimum Gasteiger partial charge on any atom is -0.317 e. The van der Waals surface area contributed by atoms with Crippen LogP contribution in [0.25, 0.3) is 0 Å². The average Bonchev–Trinajstić information content (AvgIpc) is 2.27. The zero-order valence-corrected chi connectivity index (χ0v) is 9.88. The van der Waals surface area contributed by atoms with Crippen LogP contribution in [0.15, 0.2) is 24.3 Å². The van der Waals surface area contributed by atoms with Gasteiger partial charge in [-0.2, -0.15) is 13.2 Å². The molecule has 1 N–H and O–H groups in total. The largest absolute Gasteiger partial charge is 0.416 e. The molecule has 0 bridgehead atoms. The fraction of sp³-hybridized carbons (Fsp3) is 0.538. The van der Waals surface area contributed by atoms with Gasteiger partial charge >= 0.3 is 6.18 Å². The van der Waals surface area contributed by atoms with E-state index in [0.717, 1.165) is 18.1 Å². The number of nitrogens with one attached hydrogen (secondary N) is 1. The number of halogens is 3. The molecule has 0 aromatic heterocycles. The van der Waals surface area contributed by atoms with Crippen LogP contribution in [-0.2, 0) is 6.18 Å². The lowest BCUT2D eigenvalue weighted by atomic mass is 9.67. The Balaban J connectivity index is 2.18. The van der Waals surface area contributed by atoms with Gasteiger partial charge < -0.3 is 5.32 Å². The first kappa shape index (κ1) is 12.4. The van der Waals surface area contributed by atoms with Crippen LogP contribution in [0.4, 0.5) is 13.2 Å². The molecular formula is C13H16F3N. The van der Waals surface area contributed by atoms with Crippen molar-refractivity contribution in [1.82, 2.24) is 5.32 Å².